The Kier molecular flexibility index (Phi) is 7.45. The van der Waals surface area contributed by atoms with Gasteiger partial charge in [0.1, 0.15) is 0 Å². The summed E-state index contributed by atoms with van der Waals surface area (Å²) in [6, 6.07) is 59.0. The molecule has 2 aromatic heterocycles. The Bertz CT molecular complexity index is 2640. The van der Waals surface area contributed by atoms with Gasteiger partial charge in [-0.3, -0.25) is 4.98 Å². The van der Waals surface area contributed by atoms with Gasteiger partial charge in [-0.25, -0.2) is 15.0 Å². The summed E-state index contributed by atoms with van der Waals surface area (Å²) in [4.78, 5) is 19.8. The van der Waals surface area contributed by atoms with E-state index in [-0.39, 0.29) is 0 Å². The van der Waals surface area contributed by atoms with Crippen LogP contribution in [0.15, 0.2) is 182 Å². The molecule has 0 aliphatic heterocycles. The van der Waals surface area contributed by atoms with Crippen molar-refractivity contribution in [3.05, 3.63) is 182 Å². The Morgan fingerprint density at radius 1 is 0.260 bits per heavy atom. The molecule has 4 heteroatoms. The van der Waals surface area contributed by atoms with Crippen LogP contribution >= 0.6 is 0 Å². The molecular formula is C46H30N4. The molecule has 9 aromatic rings. The van der Waals surface area contributed by atoms with Crippen molar-refractivity contribution in [3.8, 4) is 67.5 Å². The van der Waals surface area contributed by atoms with E-state index in [4.69, 9.17) is 15.0 Å². The van der Waals surface area contributed by atoms with E-state index in [0.29, 0.717) is 17.5 Å². The van der Waals surface area contributed by atoms with Gasteiger partial charge in [0, 0.05) is 34.6 Å². The molecule has 0 unspecified atom stereocenters. The van der Waals surface area contributed by atoms with E-state index in [1.165, 1.54) is 21.9 Å². The molecule has 0 aliphatic carbocycles. The van der Waals surface area contributed by atoms with Gasteiger partial charge >= 0.3 is 0 Å². The minimum absolute atomic E-state index is 0.635. The zero-order valence-corrected chi connectivity index (χ0v) is 27.1. The van der Waals surface area contributed by atoms with Crippen LogP contribution in [0.5, 0.6) is 0 Å². The number of fused-ring (bicyclic) bond motifs is 2. The van der Waals surface area contributed by atoms with Crippen molar-refractivity contribution in [2.45, 2.75) is 0 Å². The standard InChI is InChI=1S/C46H30N4/c1-3-14-31(15-4-1)34-19-7-12-24-42(34)45-48-44(32-16-5-2-6-17-32)49-46(50-45)43-28-27-41(38-22-10-11-23-39(38)43)40-26-25-35(33-18-13-29-47-30-33)36-20-8-9-21-37(36)40/h1-30H. The van der Waals surface area contributed by atoms with Crippen LogP contribution < -0.4 is 0 Å². The normalized spacial score (nSPS) is 11.2. The average molecular weight is 639 g/mol. The van der Waals surface area contributed by atoms with E-state index in [0.717, 1.165) is 49.7 Å². The summed E-state index contributed by atoms with van der Waals surface area (Å²) in [5.74, 6) is 1.91. The number of pyridine rings is 1. The average Bonchev–Trinajstić information content (AvgIpc) is 3.21. The third-order valence-electron chi connectivity index (χ3n) is 9.27. The lowest BCUT2D eigenvalue weighted by Gasteiger charge is -2.16. The van der Waals surface area contributed by atoms with Gasteiger partial charge in [0.15, 0.2) is 17.5 Å². The van der Waals surface area contributed by atoms with Crippen LogP contribution in [0, 0.1) is 0 Å². The highest BCUT2D eigenvalue weighted by Gasteiger charge is 2.19. The first-order valence-corrected chi connectivity index (χ1v) is 16.7. The van der Waals surface area contributed by atoms with Crippen LogP contribution in [-0.2, 0) is 0 Å². The number of hydrogen-bond donors (Lipinski definition) is 0. The first-order chi connectivity index (χ1) is 24.8. The predicted octanol–water partition coefficient (Wildman–Crippen LogP) is 11.6. The van der Waals surface area contributed by atoms with E-state index < -0.39 is 0 Å². The maximum absolute atomic E-state index is 5.21. The Labute approximate surface area is 290 Å². The van der Waals surface area contributed by atoms with Gasteiger partial charge in [-0.1, -0.05) is 158 Å². The van der Waals surface area contributed by atoms with Crippen molar-refractivity contribution in [2.75, 3.05) is 0 Å². The molecule has 50 heavy (non-hydrogen) atoms. The van der Waals surface area contributed by atoms with Crippen LogP contribution in [0.1, 0.15) is 0 Å². The van der Waals surface area contributed by atoms with Gasteiger partial charge in [0.25, 0.3) is 0 Å². The number of benzene rings is 7. The van der Waals surface area contributed by atoms with Crippen molar-refractivity contribution in [1.29, 1.82) is 0 Å². The molecule has 0 spiro atoms. The zero-order chi connectivity index (χ0) is 33.3. The molecule has 0 radical (unpaired) electrons. The molecule has 234 valence electrons. The van der Waals surface area contributed by atoms with Crippen LogP contribution in [0.3, 0.4) is 0 Å². The third kappa shape index (κ3) is 5.29. The Morgan fingerprint density at radius 3 is 1.32 bits per heavy atom. The molecule has 0 aliphatic rings. The Morgan fingerprint density at radius 2 is 0.700 bits per heavy atom. The predicted molar refractivity (Wildman–Crippen MR) is 205 cm³/mol. The number of nitrogens with zero attached hydrogens (tertiary/aromatic N) is 4. The second kappa shape index (κ2) is 12.7. The molecule has 4 nitrogen and oxygen atoms in total. The lowest BCUT2D eigenvalue weighted by Crippen LogP contribution is -2.01. The highest BCUT2D eigenvalue weighted by Crippen LogP contribution is 2.41. The maximum atomic E-state index is 5.21. The Hall–Kier alpha value is -6.78. The van der Waals surface area contributed by atoms with Crippen LogP contribution in [0.25, 0.3) is 89.1 Å². The van der Waals surface area contributed by atoms with Crippen molar-refractivity contribution in [1.82, 2.24) is 19.9 Å². The molecular weight excluding hydrogens is 609 g/mol. The van der Waals surface area contributed by atoms with Gasteiger partial charge in [-0.2, -0.15) is 0 Å². The van der Waals surface area contributed by atoms with Crippen LogP contribution in [0.4, 0.5) is 0 Å². The molecule has 0 fully saturated rings. The second-order valence-electron chi connectivity index (χ2n) is 12.2. The van der Waals surface area contributed by atoms with Gasteiger partial charge < -0.3 is 0 Å². The molecule has 0 amide bonds. The fourth-order valence-electron chi connectivity index (χ4n) is 6.92. The smallest absolute Gasteiger partial charge is 0.164 e. The molecule has 0 N–H and O–H groups in total. The van der Waals surface area contributed by atoms with Crippen LogP contribution in [0.2, 0.25) is 0 Å². The summed E-state index contributed by atoms with van der Waals surface area (Å²) in [5.41, 5.74) is 9.65. The Balaban J connectivity index is 1.25. The van der Waals surface area contributed by atoms with E-state index in [1.807, 2.05) is 60.9 Å². The largest absolute Gasteiger partial charge is 0.264 e. The SMILES string of the molecule is c1ccc(-c2nc(-c3ccccc3-c3ccccc3)nc(-c3ccc(-c4ccc(-c5cccnc5)c5ccccc45)c4ccccc34)n2)cc1. The monoisotopic (exact) mass is 638 g/mol. The molecule has 0 bridgehead atoms. The minimum atomic E-state index is 0.635. The number of rotatable bonds is 6. The summed E-state index contributed by atoms with van der Waals surface area (Å²) in [6.07, 6.45) is 3.74. The summed E-state index contributed by atoms with van der Waals surface area (Å²) in [5, 5.41) is 4.60. The molecule has 9 rings (SSSR count). The molecule has 0 saturated carbocycles. The van der Waals surface area contributed by atoms with E-state index in [1.54, 1.807) is 0 Å². The van der Waals surface area contributed by atoms with Crippen molar-refractivity contribution < 1.29 is 0 Å². The molecule has 2 heterocycles. The van der Waals surface area contributed by atoms with E-state index in [2.05, 4.69) is 126 Å². The van der Waals surface area contributed by atoms with Crippen molar-refractivity contribution in [2.24, 2.45) is 0 Å². The van der Waals surface area contributed by atoms with Crippen LogP contribution in [-0.4, -0.2) is 19.9 Å². The summed E-state index contributed by atoms with van der Waals surface area (Å²) in [7, 11) is 0. The summed E-state index contributed by atoms with van der Waals surface area (Å²) >= 11 is 0. The first-order valence-electron chi connectivity index (χ1n) is 16.7. The third-order valence-corrected chi connectivity index (χ3v) is 9.27. The highest BCUT2D eigenvalue weighted by molar-refractivity contribution is 6.11. The van der Waals surface area contributed by atoms with Gasteiger partial charge in [-0.05, 0) is 61.5 Å². The fourth-order valence-corrected chi connectivity index (χ4v) is 6.92. The quantitative estimate of drug-likeness (QED) is 0.182. The van der Waals surface area contributed by atoms with E-state index >= 15 is 0 Å². The lowest BCUT2D eigenvalue weighted by atomic mass is 9.89. The maximum Gasteiger partial charge on any atom is 0.164 e. The van der Waals surface area contributed by atoms with E-state index in [9.17, 15) is 0 Å². The zero-order valence-electron chi connectivity index (χ0n) is 27.1. The second-order valence-corrected chi connectivity index (χ2v) is 12.2. The molecule has 7 aromatic carbocycles. The lowest BCUT2D eigenvalue weighted by molar-refractivity contribution is 1.08. The minimum Gasteiger partial charge on any atom is -0.264 e. The fraction of sp³-hybridized carbons (Fsp3) is 0. The number of aromatic nitrogens is 4. The summed E-state index contributed by atoms with van der Waals surface area (Å²) in [6.45, 7) is 0. The molecule has 0 atom stereocenters. The first kappa shape index (κ1) is 29.4. The van der Waals surface area contributed by atoms with Gasteiger partial charge in [0.05, 0.1) is 0 Å². The van der Waals surface area contributed by atoms with Gasteiger partial charge in [-0.15, -0.1) is 0 Å². The van der Waals surface area contributed by atoms with Crippen molar-refractivity contribution >= 4 is 21.5 Å². The molecule has 0 saturated heterocycles. The number of hydrogen-bond acceptors (Lipinski definition) is 4. The topological polar surface area (TPSA) is 51.6 Å². The van der Waals surface area contributed by atoms with Gasteiger partial charge in [0.2, 0.25) is 0 Å². The van der Waals surface area contributed by atoms with Crippen molar-refractivity contribution in [3.63, 3.8) is 0 Å². The summed E-state index contributed by atoms with van der Waals surface area (Å²) < 4.78 is 0. The highest BCUT2D eigenvalue weighted by atomic mass is 15.0.